The standard InChI is InChI=1S/C5H4BrNO2/c6-1-4-5(2-8)9-3-7-4/h2-3H,1H2. The van der Waals surface area contributed by atoms with Crippen molar-refractivity contribution in [3.05, 3.63) is 17.8 Å². The Morgan fingerprint density at radius 1 is 1.89 bits per heavy atom. The highest BCUT2D eigenvalue weighted by Crippen LogP contribution is 2.06. The van der Waals surface area contributed by atoms with Gasteiger partial charge in [-0.2, -0.15) is 0 Å². The minimum Gasteiger partial charge on any atom is -0.440 e. The molecule has 0 amide bonds. The van der Waals surface area contributed by atoms with Gasteiger partial charge in [-0.25, -0.2) is 4.98 Å². The number of oxazole rings is 1. The van der Waals surface area contributed by atoms with Gasteiger partial charge in [-0.3, -0.25) is 4.79 Å². The van der Waals surface area contributed by atoms with Crippen LogP contribution < -0.4 is 0 Å². The van der Waals surface area contributed by atoms with E-state index in [-0.39, 0.29) is 0 Å². The highest BCUT2D eigenvalue weighted by atomic mass is 79.9. The van der Waals surface area contributed by atoms with Crippen LogP contribution in [0.4, 0.5) is 0 Å². The molecule has 48 valence electrons. The lowest BCUT2D eigenvalue weighted by Crippen LogP contribution is -1.82. The number of carbonyl (C=O) groups is 1. The maximum atomic E-state index is 10.1. The first-order valence-corrected chi connectivity index (χ1v) is 3.44. The molecule has 3 nitrogen and oxygen atoms in total. The van der Waals surface area contributed by atoms with Crippen molar-refractivity contribution >= 4 is 22.2 Å². The molecule has 1 rings (SSSR count). The fraction of sp³-hybridized carbons (Fsp3) is 0.200. The molecule has 0 aromatic carbocycles. The van der Waals surface area contributed by atoms with E-state index in [1.54, 1.807) is 0 Å². The molecule has 0 saturated carbocycles. The summed E-state index contributed by atoms with van der Waals surface area (Å²) in [5.74, 6) is 0.298. The van der Waals surface area contributed by atoms with Crippen LogP contribution >= 0.6 is 15.9 Å². The van der Waals surface area contributed by atoms with E-state index in [0.29, 0.717) is 23.1 Å². The first-order valence-electron chi connectivity index (χ1n) is 2.32. The Labute approximate surface area is 60.2 Å². The van der Waals surface area contributed by atoms with Crippen LogP contribution in [0.3, 0.4) is 0 Å². The zero-order valence-electron chi connectivity index (χ0n) is 4.50. The SMILES string of the molecule is O=Cc1ocnc1CBr. The van der Waals surface area contributed by atoms with Gasteiger partial charge in [-0.05, 0) is 0 Å². The zero-order valence-corrected chi connectivity index (χ0v) is 6.09. The first kappa shape index (κ1) is 6.48. The quantitative estimate of drug-likeness (QED) is 0.522. The molecule has 1 aromatic rings. The molecule has 0 saturated heterocycles. The van der Waals surface area contributed by atoms with Crippen molar-refractivity contribution in [2.45, 2.75) is 5.33 Å². The lowest BCUT2D eigenvalue weighted by Gasteiger charge is -1.81. The van der Waals surface area contributed by atoms with Gasteiger partial charge < -0.3 is 4.42 Å². The van der Waals surface area contributed by atoms with E-state index in [1.807, 2.05) is 0 Å². The summed E-state index contributed by atoms with van der Waals surface area (Å²) in [7, 11) is 0. The van der Waals surface area contributed by atoms with Crippen LogP contribution in [-0.4, -0.2) is 11.3 Å². The number of carbonyl (C=O) groups excluding carboxylic acids is 1. The number of aromatic nitrogens is 1. The Hall–Kier alpha value is -0.640. The molecule has 4 heteroatoms. The van der Waals surface area contributed by atoms with Crippen LogP contribution in [0.15, 0.2) is 10.8 Å². The van der Waals surface area contributed by atoms with Gasteiger partial charge in [0.2, 0.25) is 0 Å². The molecule has 9 heavy (non-hydrogen) atoms. The summed E-state index contributed by atoms with van der Waals surface area (Å²) < 4.78 is 4.70. The summed E-state index contributed by atoms with van der Waals surface area (Å²) in [5, 5.41) is 0.553. The van der Waals surface area contributed by atoms with E-state index in [9.17, 15) is 4.79 Å². The number of rotatable bonds is 2. The highest BCUT2D eigenvalue weighted by molar-refractivity contribution is 9.08. The third-order valence-corrected chi connectivity index (χ3v) is 1.44. The predicted octanol–water partition coefficient (Wildman–Crippen LogP) is 1.38. The van der Waals surface area contributed by atoms with Crippen molar-refractivity contribution in [1.29, 1.82) is 0 Å². The van der Waals surface area contributed by atoms with E-state index in [1.165, 1.54) is 6.39 Å². The van der Waals surface area contributed by atoms with Crippen molar-refractivity contribution in [2.75, 3.05) is 0 Å². The van der Waals surface area contributed by atoms with Gasteiger partial charge in [0, 0.05) is 5.33 Å². The number of hydrogen-bond acceptors (Lipinski definition) is 3. The normalized spacial score (nSPS) is 9.44. The van der Waals surface area contributed by atoms with E-state index in [2.05, 4.69) is 20.9 Å². The second-order valence-corrected chi connectivity index (χ2v) is 1.98. The topological polar surface area (TPSA) is 43.1 Å². The van der Waals surface area contributed by atoms with E-state index in [4.69, 9.17) is 4.42 Å². The largest absolute Gasteiger partial charge is 0.440 e. The molecule has 0 unspecified atom stereocenters. The smallest absolute Gasteiger partial charge is 0.190 e. The molecule has 0 aliphatic rings. The van der Waals surface area contributed by atoms with E-state index in [0.717, 1.165) is 0 Å². The molecule has 0 bridgehead atoms. The number of aldehydes is 1. The molecule has 0 aliphatic carbocycles. The molecule has 0 aliphatic heterocycles. The summed E-state index contributed by atoms with van der Waals surface area (Å²) in [5.41, 5.74) is 0.644. The first-order chi connectivity index (χ1) is 4.38. The fourth-order valence-electron chi connectivity index (χ4n) is 0.475. The van der Waals surface area contributed by atoms with Crippen LogP contribution in [-0.2, 0) is 5.33 Å². The molecule has 0 N–H and O–H groups in total. The minimum atomic E-state index is 0.298. The molecule has 1 aromatic heterocycles. The Bertz CT molecular complexity index is 208. The third kappa shape index (κ3) is 1.18. The van der Waals surface area contributed by atoms with Gasteiger partial charge in [0.15, 0.2) is 18.4 Å². The number of nitrogens with zero attached hydrogens (tertiary/aromatic N) is 1. The summed E-state index contributed by atoms with van der Waals surface area (Å²) in [4.78, 5) is 13.9. The predicted molar refractivity (Wildman–Crippen MR) is 34.5 cm³/mol. The lowest BCUT2D eigenvalue weighted by molar-refractivity contribution is 0.110. The lowest BCUT2D eigenvalue weighted by atomic mass is 10.4. The van der Waals surface area contributed by atoms with Crippen molar-refractivity contribution < 1.29 is 9.21 Å². The Morgan fingerprint density at radius 2 is 2.67 bits per heavy atom. The zero-order chi connectivity index (χ0) is 6.69. The number of alkyl halides is 1. The summed E-state index contributed by atoms with van der Waals surface area (Å²) in [6, 6.07) is 0. The minimum absolute atomic E-state index is 0.298. The molecule has 0 radical (unpaired) electrons. The molecular weight excluding hydrogens is 186 g/mol. The van der Waals surface area contributed by atoms with E-state index < -0.39 is 0 Å². The summed E-state index contributed by atoms with van der Waals surface area (Å²) >= 11 is 3.15. The van der Waals surface area contributed by atoms with Crippen LogP contribution in [0, 0.1) is 0 Å². The summed E-state index contributed by atoms with van der Waals surface area (Å²) in [6.07, 6.45) is 1.89. The average molecular weight is 190 g/mol. The van der Waals surface area contributed by atoms with Gasteiger partial charge in [0.25, 0.3) is 0 Å². The van der Waals surface area contributed by atoms with Gasteiger partial charge in [-0.15, -0.1) is 0 Å². The van der Waals surface area contributed by atoms with Gasteiger partial charge in [0.1, 0.15) is 5.69 Å². The van der Waals surface area contributed by atoms with Crippen LogP contribution in [0.2, 0.25) is 0 Å². The van der Waals surface area contributed by atoms with Crippen molar-refractivity contribution in [1.82, 2.24) is 4.98 Å². The van der Waals surface area contributed by atoms with Crippen LogP contribution in [0.1, 0.15) is 16.2 Å². The maximum Gasteiger partial charge on any atom is 0.190 e. The number of halogens is 1. The molecule has 0 atom stereocenters. The fourth-order valence-corrected chi connectivity index (χ4v) is 0.896. The molecule has 1 heterocycles. The highest BCUT2D eigenvalue weighted by Gasteiger charge is 2.02. The second-order valence-electron chi connectivity index (χ2n) is 1.41. The van der Waals surface area contributed by atoms with Crippen molar-refractivity contribution in [3.8, 4) is 0 Å². The van der Waals surface area contributed by atoms with Crippen molar-refractivity contribution in [3.63, 3.8) is 0 Å². The van der Waals surface area contributed by atoms with Gasteiger partial charge >= 0.3 is 0 Å². The third-order valence-electron chi connectivity index (χ3n) is 0.906. The summed E-state index contributed by atoms with van der Waals surface area (Å²) in [6.45, 7) is 0. The Balaban J connectivity index is 2.98. The molecular formula is C5H4BrNO2. The number of hydrogen-bond donors (Lipinski definition) is 0. The molecule has 0 fully saturated rings. The van der Waals surface area contributed by atoms with E-state index >= 15 is 0 Å². The Morgan fingerprint density at radius 3 is 3.11 bits per heavy atom. The van der Waals surface area contributed by atoms with Crippen LogP contribution in [0.5, 0.6) is 0 Å². The average Bonchev–Trinajstić information content (AvgIpc) is 2.33. The van der Waals surface area contributed by atoms with Gasteiger partial charge in [0.05, 0.1) is 0 Å². The van der Waals surface area contributed by atoms with Gasteiger partial charge in [-0.1, -0.05) is 15.9 Å². The van der Waals surface area contributed by atoms with Crippen molar-refractivity contribution in [2.24, 2.45) is 0 Å². The Kier molecular flexibility index (Phi) is 2.00. The molecule has 0 spiro atoms. The monoisotopic (exact) mass is 189 g/mol. The van der Waals surface area contributed by atoms with Crippen LogP contribution in [0.25, 0.3) is 0 Å². The second kappa shape index (κ2) is 2.77. The maximum absolute atomic E-state index is 10.1.